The summed E-state index contributed by atoms with van der Waals surface area (Å²) in [7, 11) is 1.56. The predicted octanol–water partition coefficient (Wildman–Crippen LogP) is 3.08. The zero-order chi connectivity index (χ0) is 21.0. The van der Waals surface area contributed by atoms with E-state index in [1.165, 1.54) is 11.0 Å². The summed E-state index contributed by atoms with van der Waals surface area (Å²) in [6.45, 7) is -0.462. The van der Waals surface area contributed by atoms with Gasteiger partial charge in [0.1, 0.15) is 5.75 Å². The van der Waals surface area contributed by atoms with Crippen LogP contribution in [-0.4, -0.2) is 51.8 Å². The predicted molar refractivity (Wildman–Crippen MR) is 108 cm³/mol. The quantitative estimate of drug-likeness (QED) is 0.700. The van der Waals surface area contributed by atoms with Gasteiger partial charge in [-0.1, -0.05) is 24.3 Å². The van der Waals surface area contributed by atoms with E-state index in [0.717, 1.165) is 11.8 Å². The lowest BCUT2D eigenvalue weighted by Crippen LogP contribution is -2.23. The molecule has 0 spiro atoms. The van der Waals surface area contributed by atoms with E-state index < -0.39 is 18.5 Å². The van der Waals surface area contributed by atoms with Crippen molar-refractivity contribution in [1.29, 1.82) is 0 Å². The Hall–Kier alpha value is -3.59. The summed E-state index contributed by atoms with van der Waals surface area (Å²) in [6, 6.07) is 13.0. The van der Waals surface area contributed by atoms with Gasteiger partial charge < -0.3 is 14.9 Å². The van der Waals surface area contributed by atoms with Crippen molar-refractivity contribution >= 4 is 46.5 Å². The van der Waals surface area contributed by atoms with Gasteiger partial charge in [0.05, 0.1) is 16.2 Å². The lowest BCUT2D eigenvalue weighted by atomic mass is 10.2. The van der Waals surface area contributed by atoms with Crippen molar-refractivity contribution in [2.45, 2.75) is 0 Å². The monoisotopic (exact) mass is 412 g/mol. The molecule has 3 rings (SSSR count). The number of carbonyl (C=O) groups is 3. The highest BCUT2D eigenvalue weighted by molar-refractivity contribution is 8.18. The first kappa shape index (κ1) is 20.2. The molecule has 8 nitrogen and oxygen atoms in total. The first-order valence-corrected chi connectivity index (χ1v) is 9.20. The standard InChI is InChI=1S/C20H16N2O6S/c1-22-18(25)16(10-12-5-4-6-13(9-12)28-11-17(23)24)29-20(22)21-15-8-3-2-7-14(15)19(26)27/h2-10H,11H2,1H3,(H,23,24)(H,26,27)/b16-10-,21-20?. The Balaban J connectivity index is 1.87. The Morgan fingerprint density at radius 2 is 1.93 bits per heavy atom. The van der Waals surface area contributed by atoms with Crippen LogP contribution in [0.3, 0.4) is 0 Å². The summed E-state index contributed by atoms with van der Waals surface area (Å²) in [5, 5.41) is 18.3. The van der Waals surface area contributed by atoms with Crippen LogP contribution in [0.2, 0.25) is 0 Å². The summed E-state index contributed by atoms with van der Waals surface area (Å²) in [6.07, 6.45) is 1.64. The Morgan fingerprint density at radius 3 is 2.66 bits per heavy atom. The van der Waals surface area contributed by atoms with E-state index in [2.05, 4.69) is 4.99 Å². The topological polar surface area (TPSA) is 117 Å². The number of hydrogen-bond donors (Lipinski definition) is 2. The number of aliphatic imine (C=N–C) groups is 1. The number of carboxylic acid groups (broad SMARTS) is 2. The molecule has 9 heteroatoms. The summed E-state index contributed by atoms with van der Waals surface area (Å²) in [5.41, 5.74) is 0.957. The van der Waals surface area contributed by atoms with Gasteiger partial charge in [-0.2, -0.15) is 0 Å². The molecule has 2 aromatic rings. The number of rotatable bonds is 6. The zero-order valence-electron chi connectivity index (χ0n) is 15.2. The fraction of sp³-hybridized carbons (Fsp3) is 0.100. The van der Waals surface area contributed by atoms with Crippen LogP contribution in [0.5, 0.6) is 5.75 Å². The van der Waals surface area contributed by atoms with E-state index in [9.17, 15) is 19.5 Å². The minimum absolute atomic E-state index is 0.0437. The first-order chi connectivity index (χ1) is 13.8. The molecule has 0 atom stereocenters. The Kier molecular flexibility index (Phi) is 5.99. The van der Waals surface area contributed by atoms with E-state index in [1.807, 2.05) is 0 Å². The molecule has 0 aliphatic carbocycles. The summed E-state index contributed by atoms with van der Waals surface area (Å²) < 4.78 is 5.15. The van der Waals surface area contributed by atoms with Gasteiger partial charge in [-0.15, -0.1) is 0 Å². The number of nitrogens with zero attached hydrogens (tertiary/aromatic N) is 2. The molecule has 29 heavy (non-hydrogen) atoms. The van der Waals surface area contributed by atoms with E-state index in [-0.39, 0.29) is 17.2 Å². The third-order valence-electron chi connectivity index (χ3n) is 3.87. The Bertz CT molecular complexity index is 1050. The number of aromatic carboxylic acids is 1. The number of para-hydroxylation sites is 1. The average Bonchev–Trinajstić information content (AvgIpc) is 2.95. The fourth-order valence-electron chi connectivity index (χ4n) is 2.50. The van der Waals surface area contributed by atoms with Crippen molar-refractivity contribution in [3.63, 3.8) is 0 Å². The van der Waals surface area contributed by atoms with Crippen molar-refractivity contribution in [2.75, 3.05) is 13.7 Å². The van der Waals surface area contributed by atoms with Crippen LogP contribution in [0, 0.1) is 0 Å². The lowest BCUT2D eigenvalue weighted by molar-refractivity contribution is -0.139. The van der Waals surface area contributed by atoms with Crippen LogP contribution in [-0.2, 0) is 9.59 Å². The van der Waals surface area contributed by atoms with E-state index in [1.54, 1.807) is 55.6 Å². The van der Waals surface area contributed by atoms with Gasteiger partial charge in [-0.3, -0.25) is 9.69 Å². The van der Waals surface area contributed by atoms with Crippen LogP contribution in [0.1, 0.15) is 15.9 Å². The molecule has 1 saturated heterocycles. The van der Waals surface area contributed by atoms with Crippen molar-refractivity contribution < 1.29 is 29.3 Å². The van der Waals surface area contributed by atoms with Gasteiger partial charge in [0.2, 0.25) is 0 Å². The van der Waals surface area contributed by atoms with Crippen LogP contribution in [0.15, 0.2) is 58.4 Å². The number of benzene rings is 2. The Morgan fingerprint density at radius 1 is 1.17 bits per heavy atom. The van der Waals surface area contributed by atoms with Crippen molar-refractivity contribution in [1.82, 2.24) is 4.90 Å². The number of ether oxygens (including phenoxy) is 1. The van der Waals surface area contributed by atoms with Gasteiger partial charge in [0.15, 0.2) is 11.8 Å². The maximum Gasteiger partial charge on any atom is 0.341 e. The van der Waals surface area contributed by atoms with Gasteiger partial charge in [-0.05, 0) is 47.7 Å². The molecule has 1 aliphatic rings. The highest BCUT2D eigenvalue weighted by Gasteiger charge is 2.30. The molecule has 1 amide bonds. The molecule has 2 aromatic carbocycles. The third kappa shape index (κ3) is 4.82. The molecule has 0 unspecified atom stereocenters. The minimum atomic E-state index is -1.10. The maximum atomic E-state index is 12.6. The number of likely N-dealkylation sites (N-methyl/N-ethyl adjacent to an activating group) is 1. The molecule has 148 valence electrons. The molecule has 2 N–H and O–H groups in total. The third-order valence-corrected chi connectivity index (χ3v) is 4.93. The Labute approximate surface area is 170 Å². The molecule has 0 saturated carbocycles. The highest BCUT2D eigenvalue weighted by atomic mass is 32.2. The number of carbonyl (C=O) groups excluding carboxylic acids is 1. The van der Waals surface area contributed by atoms with E-state index in [0.29, 0.717) is 21.4 Å². The van der Waals surface area contributed by atoms with Gasteiger partial charge in [0, 0.05) is 7.05 Å². The number of amidine groups is 1. The second-order valence-electron chi connectivity index (χ2n) is 5.95. The fourth-order valence-corrected chi connectivity index (χ4v) is 3.48. The maximum absolute atomic E-state index is 12.6. The molecule has 0 radical (unpaired) electrons. The molecular formula is C20H16N2O6S. The molecular weight excluding hydrogens is 396 g/mol. The SMILES string of the molecule is CN1C(=O)/C(=C/c2cccc(OCC(=O)O)c2)SC1=Nc1ccccc1C(=O)O. The van der Waals surface area contributed by atoms with Crippen LogP contribution < -0.4 is 4.74 Å². The number of aliphatic carboxylic acids is 1. The smallest absolute Gasteiger partial charge is 0.341 e. The average molecular weight is 412 g/mol. The first-order valence-electron chi connectivity index (χ1n) is 8.38. The minimum Gasteiger partial charge on any atom is -0.482 e. The van der Waals surface area contributed by atoms with Crippen molar-refractivity contribution in [2.24, 2.45) is 4.99 Å². The lowest BCUT2D eigenvalue weighted by Gasteiger charge is -2.08. The molecule has 0 aromatic heterocycles. The van der Waals surface area contributed by atoms with Crippen molar-refractivity contribution in [3.8, 4) is 5.75 Å². The zero-order valence-corrected chi connectivity index (χ0v) is 16.0. The van der Waals surface area contributed by atoms with Crippen molar-refractivity contribution in [3.05, 3.63) is 64.6 Å². The van der Waals surface area contributed by atoms with Crippen LogP contribution >= 0.6 is 11.8 Å². The summed E-state index contributed by atoms with van der Waals surface area (Å²) in [5.74, 6) is -2.09. The number of thioether (sulfide) groups is 1. The second kappa shape index (κ2) is 8.61. The number of carboxylic acids is 2. The molecule has 1 heterocycles. The van der Waals surface area contributed by atoms with E-state index >= 15 is 0 Å². The summed E-state index contributed by atoms with van der Waals surface area (Å²) >= 11 is 1.12. The molecule has 0 bridgehead atoms. The number of amides is 1. The normalized spacial score (nSPS) is 16.4. The van der Waals surface area contributed by atoms with Gasteiger partial charge >= 0.3 is 11.9 Å². The van der Waals surface area contributed by atoms with Gasteiger partial charge in [-0.25, -0.2) is 14.6 Å². The molecule has 1 fully saturated rings. The van der Waals surface area contributed by atoms with Crippen LogP contribution in [0.25, 0.3) is 6.08 Å². The largest absolute Gasteiger partial charge is 0.482 e. The highest BCUT2D eigenvalue weighted by Crippen LogP contribution is 2.34. The number of hydrogen-bond acceptors (Lipinski definition) is 6. The second-order valence-corrected chi connectivity index (χ2v) is 6.96. The summed E-state index contributed by atoms with van der Waals surface area (Å²) in [4.78, 5) is 40.6. The van der Waals surface area contributed by atoms with E-state index in [4.69, 9.17) is 9.84 Å². The van der Waals surface area contributed by atoms with Crippen LogP contribution in [0.4, 0.5) is 5.69 Å². The van der Waals surface area contributed by atoms with Gasteiger partial charge in [0.25, 0.3) is 5.91 Å². The molecule has 1 aliphatic heterocycles.